The Labute approximate surface area is 254 Å². The third-order valence-corrected chi connectivity index (χ3v) is 8.57. The second kappa shape index (κ2) is 11.6. The van der Waals surface area contributed by atoms with Crippen LogP contribution in [0.15, 0.2) is 97.1 Å². The summed E-state index contributed by atoms with van der Waals surface area (Å²) in [5.74, 6) is -0.185. The monoisotopic (exact) mass is 594 g/mol. The number of rotatable bonds is 8. The number of ether oxygens (including phenoxy) is 2. The Morgan fingerprint density at radius 2 is 1.51 bits per heavy atom. The molecule has 1 aliphatic carbocycles. The maximum absolute atomic E-state index is 13.2. The van der Waals surface area contributed by atoms with E-state index < -0.39 is 17.6 Å². The second-order valence-electron chi connectivity index (χ2n) is 10.7. The Hall–Kier alpha value is -4.59. The van der Waals surface area contributed by atoms with Crippen LogP contribution < -0.4 is 5.32 Å². The van der Waals surface area contributed by atoms with Gasteiger partial charge < -0.3 is 19.1 Å². The molecule has 6 rings (SSSR count). The number of carbonyl (C=O) groups excluding carboxylic acids is 2. The van der Waals surface area contributed by atoms with Gasteiger partial charge in [0.1, 0.15) is 12.8 Å². The molecule has 1 fully saturated rings. The van der Waals surface area contributed by atoms with Crippen LogP contribution in [0.2, 0.25) is 5.02 Å². The number of para-hydroxylation sites is 1. The van der Waals surface area contributed by atoms with Gasteiger partial charge in [0.2, 0.25) is 0 Å². The lowest BCUT2D eigenvalue weighted by Crippen LogP contribution is -2.21. The molecular formula is C35H31ClN2O5. The van der Waals surface area contributed by atoms with Crippen molar-refractivity contribution in [3.8, 4) is 22.4 Å². The van der Waals surface area contributed by atoms with Crippen molar-refractivity contribution in [1.82, 2.24) is 4.57 Å². The quantitative estimate of drug-likeness (QED) is 0.177. The zero-order valence-electron chi connectivity index (χ0n) is 23.8. The van der Waals surface area contributed by atoms with Gasteiger partial charge in [-0.3, -0.25) is 10.1 Å². The number of carbonyl (C=O) groups is 2. The summed E-state index contributed by atoms with van der Waals surface area (Å²) in [6, 6.07) is 30.7. The molecule has 0 bridgehead atoms. The van der Waals surface area contributed by atoms with Gasteiger partial charge in [0.25, 0.3) is 0 Å². The fourth-order valence-corrected chi connectivity index (χ4v) is 6.06. The number of aliphatic hydroxyl groups excluding tert-OH is 1. The number of hydrogen-bond acceptors (Lipinski definition) is 5. The number of amides is 1. The highest BCUT2D eigenvalue weighted by molar-refractivity contribution is 6.31. The summed E-state index contributed by atoms with van der Waals surface area (Å²) >= 11 is 6.31. The second-order valence-corrected chi connectivity index (χ2v) is 11.1. The third-order valence-electron chi connectivity index (χ3n) is 8.22. The van der Waals surface area contributed by atoms with E-state index in [4.69, 9.17) is 21.1 Å². The summed E-state index contributed by atoms with van der Waals surface area (Å²) in [7, 11) is 1.43. The number of fused-ring (bicyclic) bond motifs is 1. The van der Waals surface area contributed by atoms with Crippen LogP contribution >= 0.6 is 11.6 Å². The van der Waals surface area contributed by atoms with Gasteiger partial charge in [0.05, 0.1) is 29.4 Å². The van der Waals surface area contributed by atoms with E-state index in [1.807, 2.05) is 91.0 Å². The molecule has 1 aliphatic rings. The van der Waals surface area contributed by atoms with E-state index in [1.54, 1.807) is 17.6 Å². The first-order chi connectivity index (χ1) is 20.9. The highest BCUT2D eigenvalue weighted by Crippen LogP contribution is 2.49. The van der Waals surface area contributed by atoms with Gasteiger partial charge in [0, 0.05) is 21.5 Å². The topological polar surface area (TPSA) is 89.8 Å². The normalized spacial score (nSPS) is 14.2. The lowest BCUT2D eigenvalue weighted by atomic mass is 9.93. The predicted octanol–water partition coefficient (Wildman–Crippen LogP) is 8.09. The lowest BCUT2D eigenvalue weighted by Gasteiger charge is -2.16. The summed E-state index contributed by atoms with van der Waals surface area (Å²) in [6.45, 7) is 1.48. The summed E-state index contributed by atoms with van der Waals surface area (Å²) < 4.78 is 12.5. The SMILES string of the molecule is COC(=O)C1(c2ccc(-c3ccc(-c4c(NC(=O)OC(C)c5ccccc5Cl)c5ccccc5n4CO)cc3)cc2)CC1. The zero-order chi connectivity index (χ0) is 30.1. The molecule has 7 nitrogen and oxygen atoms in total. The number of benzene rings is 4. The molecule has 0 saturated heterocycles. The van der Waals surface area contributed by atoms with Crippen molar-refractivity contribution in [2.24, 2.45) is 0 Å². The maximum atomic E-state index is 13.2. The van der Waals surface area contributed by atoms with E-state index in [0.29, 0.717) is 22.0 Å². The van der Waals surface area contributed by atoms with Crippen molar-refractivity contribution < 1.29 is 24.2 Å². The van der Waals surface area contributed by atoms with E-state index in [2.05, 4.69) is 5.32 Å². The van der Waals surface area contributed by atoms with Gasteiger partial charge in [-0.1, -0.05) is 96.5 Å². The molecule has 1 amide bonds. The van der Waals surface area contributed by atoms with Gasteiger partial charge in [0.15, 0.2) is 0 Å². The first-order valence-electron chi connectivity index (χ1n) is 14.1. The van der Waals surface area contributed by atoms with E-state index in [-0.39, 0.29) is 12.7 Å². The molecule has 5 aromatic rings. The number of esters is 1. The molecule has 1 unspecified atom stereocenters. The summed E-state index contributed by atoms with van der Waals surface area (Å²) in [4.78, 5) is 25.4. The molecular weight excluding hydrogens is 564 g/mol. The van der Waals surface area contributed by atoms with E-state index in [0.717, 1.165) is 46.0 Å². The van der Waals surface area contributed by atoms with Crippen molar-refractivity contribution in [3.05, 3.63) is 113 Å². The Bertz CT molecular complexity index is 1810. The fourth-order valence-electron chi connectivity index (χ4n) is 5.77. The van der Waals surface area contributed by atoms with Crippen molar-refractivity contribution >= 4 is 40.3 Å². The summed E-state index contributed by atoms with van der Waals surface area (Å²) in [5.41, 5.74) is 5.94. The van der Waals surface area contributed by atoms with Crippen LogP contribution in [0.4, 0.5) is 10.5 Å². The number of aliphatic hydroxyl groups is 1. The zero-order valence-corrected chi connectivity index (χ0v) is 24.6. The number of nitrogens with one attached hydrogen (secondary N) is 1. The van der Waals surface area contributed by atoms with Crippen LogP contribution in [-0.2, 0) is 26.4 Å². The highest BCUT2D eigenvalue weighted by atomic mass is 35.5. The fraction of sp³-hybridized carbons (Fsp3) is 0.200. The number of methoxy groups -OCH3 is 1. The molecule has 43 heavy (non-hydrogen) atoms. The van der Waals surface area contributed by atoms with Crippen LogP contribution in [0.3, 0.4) is 0 Å². The van der Waals surface area contributed by atoms with Crippen LogP contribution in [0.25, 0.3) is 33.3 Å². The third kappa shape index (κ3) is 5.26. The largest absolute Gasteiger partial charge is 0.468 e. The molecule has 4 aromatic carbocycles. The molecule has 0 spiro atoms. The smallest absolute Gasteiger partial charge is 0.412 e. The first-order valence-corrected chi connectivity index (χ1v) is 14.5. The molecule has 0 aliphatic heterocycles. The predicted molar refractivity (Wildman–Crippen MR) is 168 cm³/mol. The maximum Gasteiger partial charge on any atom is 0.412 e. The van der Waals surface area contributed by atoms with Gasteiger partial charge in [-0.2, -0.15) is 0 Å². The van der Waals surface area contributed by atoms with Crippen molar-refractivity contribution in [1.29, 1.82) is 0 Å². The summed E-state index contributed by atoms with van der Waals surface area (Å²) in [5, 5.41) is 14.6. The number of hydrogen-bond donors (Lipinski definition) is 2. The van der Waals surface area contributed by atoms with Gasteiger partial charge >= 0.3 is 12.1 Å². The van der Waals surface area contributed by atoms with Crippen molar-refractivity contribution in [2.75, 3.05) is 12.4 Å². The van der Waals surface area contributed by atoms with E-state index >= 15 is 0 Å². The molecule has 8 heteroatoms. The van der Waals surface area contributed by atoms with E-state index in [1.165, 1.54) is 7.11 Å². The lowest BCUT2D eigenvalue weighted by molar-refractivity contribution is -0.143. The molecule has 1 saturated carbocycles. The Kier molecular flexibility index (Phi) is 7.69. The first kappa shape index (κ1) is 28.5. The Morgan fingerprint density at radius 1 is 0.907 bits per heavy atom. The van der Waals surface area contributed by atoms with E-state index in [9.17, 15) is 14.7 Å². The van der Waals surface area contributed by atoms with Gasteiger partial charge in [-0.15, -0.1) is 0 Å². The number of anilines is 1. The minimum atomic E-state index is -0.633. The molecule has 0 radical (unpaired) electrons. The molecule has 1 heterocycles. The van der Waals surface area contributed by atoms with Crippen LogP contribution in [0.5, 0.6) is 0 Å². The average molecular weight is 595 g/mol. The Morgan fingerprint density at radius 3 is 2.14 bits per heavy atom. The molecule has 1 atom stereocenters. The highest BCUT2D eigenvalue weighted by Gasteiger charge is 2.52. The standard InChI is InChI=1S/C35H31ClN2O5/c1-22(27-7-3-5-9-29(27)36)43-34(41)37-31-28-8-4-6-10-30(28)38(21-39)32(31)25-13-11-23(12-14-25)24-15-17-26(18-16-24)35(19-20-35)33(40)42-2/h3-18,22,39H,19-21H2,1-2H3,(H,37,41). The molecule has 2 N–H and O–H groups in total. The summed E-state index contributed by atoms with van der Waals surface area (Å²) in [6.07, 6.45) is 0.396. The molecule has 218 valence electrons. The number of nitrogens with zero attached hydrogens (tertiary/aromatic N) is 1. The Balaban J connectivity index is 1.30. The van der Waals surface area contributed by atoms with Gasteiger partial charge in [-0.25, -0.2) is 4.79 Å². The minimum absolute atomic E-state index is 0.185. The van der Waals surface area contributed by atoms with Crippen LogP contribution in [0, 0.1) is 0 Å². The average Bonchev–Trinajstić information content (AvgIpc) is 3.79. The van der Waals surface area contributed by atoms with Crippen molar-refractivity contribution in [2.45, 2.75) is 38.0 Å². The van der Waals surface area contributed by atoms with Crippen molar-refractivity contribution in [3.63, 3.8) is 0 Å². The molecule has 1 aromatic heterocycles. The number of halogens is 1. The van der Waals surface area contributed by atoms with Crippen LogP contribution in [0.1, 0.15) is 37.0 Å². The minimum Gasteiger partial charge on any atom is -0.468 e. The van der Waals surface area contributed by atoms with Crippen LogP contribution in [-0.4, -0.2) is 28.8 Å². The number of aromatic nitrogens is 1. The van der Waals surface area contributed by atoms with Gasteiger partial charge in [-0.05, 0) is 48.6 Å².